The summed E-state index contributed by atoms with van der Waals surface area (Å²) < 4.78 is 11.3. The maximum Gasteiger partial charge on any atom is 0.266 e. The Kier molecular flexibility index (Phi) is 7.54. The number of methoxy groups -OCH3 is 1. The van der Waals surface area contributed by atoms with E-state index in [1.165, 1.54) is 17.2 Å². The summed E-state index contributed by atoms with van der Waals surface area (Å²) in [6.07, 6.45) is 1.49. The predicted molar refractivity (Wildman–Crippen MR) is 127 cm³/mol. The predicted octanol–water partition coefficient (Wildman–Crippen LogP) is 6.09. The zero-order chi connectivity index (χ0) is 23.1. The van der Waals surface area contributed by atoms with E-state index in [-0.39, 0.29) is 5.57 Å². The van der Waals surface area contributed by atoms with Crippen LogP contribution in [0.4, 0.5) is 5.69 Å². The Morgan fingerprint density at radius 2 is 1.88 bits per heavy atom. The summed E-state index contributed by atoms with van der Waals surface area (Å²) in [4.78, 5) is 12.7. The minimum atomic E-state index is -0.559. The maximum atomic E-state index is 12.7. The van der Waals surface area contributed by atoms with Crippen LogP contribution in [0.1, 0.15) is 22.3 Å². The molecule has 1 amide bonds. The third-order valence-corrected chi connectivity index (χ3v) is 5.30. The molecule has 0 aliphatic carbocycles. The fourth-order valence-electron chi connectivity index (χ4n) is 3.00. The highest BCUT2D eigenvalue weighted by atomic mass is 35.5. The van der Waals surface area contributed by atoms with Crippen LogP contribution in [0.2, 0.25) is 5.02 Å². The van der Waals surface area contributed by atoms with Crippen molar-refractivity contribution in [1.29, 1.82) is 5.26 Å². The molecule has 3 rings (SSSR count). The molecule has 3 aromatic rings. The lowest BCUT2D eigenvalue weighted by molar-refractivity contribution is -0.112. The Balaban J connectivity index is 1.87. The highest BCUT2D eigenvalue weighted by Gasteiger charge is 2.13. The van der Waals surface area contributed by atoms with Crippen LogP contribution >= 0.6 is 11.6 Å². The number of benzene rings is 3. The number of para-hydroxylation sites is 1. The standard InChI is InChI=1S/C26H23ClN2O3/c1-17-8-9-19(12-18(17)2)16-32-25-14-22(31-3)11-10-20(25)13-21(15-28)26(30)29-24-7-5-4-6-23(24)27/h4-14H,16H2,1-3H3,(H,29,30)/b21-13+. The third kappa shape index (κ3) is 5.69. The molecule has 0 saturated carbocycles. The van der Waals surface area contributed by atoms with E-state index in [1.54, 1.807) is 49.6 Å². The van der Waals surface area contributed by atoms with Gasteiger partial charge in [0.1, 0.15) is 29.7 Å². The van der Waals surface area contributed by atoms with Crippen molar-refractivity contribution in [3.63, 3.8) is 0 Å². The molecule has 0 bridgehead atoms. The van der Waals surface area contributed by atoms with E-state index in [0.29, 0.717) is 34.4 Å². The van der Waals surface area contributed by atoms with Gasteiger partial charge in [0.2, 0.25) is 0 Å². The van der Waals surface area contributed by atoms with Crippen molar-refractivity contribution in [3.8, 4) is 17.6 Å². The van der Waals surface area contributed by atoms with E-state index in [2.05, 4.69) is 25.2 Å². The number of ether oxygens (including phenoxy) is 2. The average molecular weight is 447 g/mol. The lowest BCUT2D eigenvalue weighted by atomic mass is 10.1. The zero-order valence-electron chi connectivity index (χ0n) is 18.1. The van der Waals surface area contributed by atoms with Crippen molar-refractivity contribution < 1.29 is 14.3 Å². The van der Waals surface area contributed by atoms with Crippen LogP contribution < -0.4 is 14.8 Å². The number of carbonyl (C=O) groups excluding carboxylic acids is 1. The Morgan fingerprint density at radius 1 is 1.09 bits per heavy atom. The molecule has 0 atom stereocenters. The summed E-state index contributed by atoms with van der Waals surface area (Å²) in [6, 6.07) is 20.1. The molecule has 0 spiro atoms. The van der Waals surface area contributed by atoms with Crippen LogP contribution in [-0.2, 0) is 11.4 Å². The highest BCUT2D eigenvalue weighted by molar-refractivity contribution is 6.34. The summed E-state index contributed by atoms with van der Waals surface area (Å²) in [5, 5.41) is 12.6. The van der Waals surface area contributed by atoms with Gasteiger partial charge in [-0.2, -0.15) is 5.26 Å². The quantitative estimate of drug-likeness (QED) is 0.352. The number of aryl methyl sites for hydroxylation is 2. The molecule has 0 aliphatic rings. The summed E-state index contributed by atoms with van der Waals surface area (Å²) >= 11 is 6.10. The Hall–Kier alpha value is -3.75. The third-order valence-electron chi connectivity index (χ3n) is 4.97. The number of nitriles is 1. The van der Waals surface area contributed by atoms with Gasteiger partial charge < -0.3 is 14.8 Å². The van der Waals surface area contributed by atoms with Crippen LogP contribution in [0.25, 0.3) is 6.08 Å². The summed E-state index contributed by atoms with van der Waals surface area (Å²) in [5.41, 5.74) is 4.34. The fourth-order valence-corrected chi connectivity index (χ4v) is 3.18. The smallest absolute Gasteiger partial charge is 0.266 e. The van der Waals surface area contributed by atoms with Gasteiger partial charge in [0.25, 0.3) is 5.91 Å². The summed E-state index contributed by atoms with van der Waals surface area (Å²) in [6.45, 7) is 4.44. The SMILES string of the molecule is COc1ccc(/C=C(\C#N)C(=O)Nc2ccccc2Cl)c(OCc2ccc(C)c(C)c2)c1. The number of halogens is 1. The molecule has 0 saturated heterocycles. The molecule has 0 radical (unpaired) electrons. The number of hydrogen-bond acceptors (Lipinski definition) is 4. The van der Waals surface area contributed by atoms with Crippen molar-refractivity contribution in [1.82, 2.24) is 0 Å². The number of hydrogen-bond donors (Lipinski definition) is 1. The number of anilines is 1. The second kappa shape index (κ2) is 10.5. The number of rotatable bonds is 7. The highest BCUT2D eigenvalue weighted by Crippen LogP contribution is 2.28. The molecule has 32 heavy (non-hydrogen) atoms. The molecule has 1 N–H and O–H groups in total. The van der Waals surface area contributed by atoms with Gasteiger partial charge in [-0.15, -0.1) is 0 Å². The van der Waals surface area contributed by atoms with Crippen molar-refractivity contribution >= 4 is 29.3 Å². The van der Waals surface area contributed by atoms with E-state index in [4.69, 9.17) is 21.1 Å². The van der Waals surface area contributed by atoms with Crippen LogP contribution in [0.3, 0.4) is 0 Å². The first-order chi connectivity index (χ1) is 15.4. The molecule has 0 aliphatic heterocycles. The minimum Gasteiger partial charge on any atom is -0.497 e. The van der Waals surface area contributed by atoms with E-state index < -0.39 is 5.91 Å². The van der Waals surface area contributed by atoms with Gasteiger partial charge in [0.15, 0.2) is 0 Å². The Morgan fingerprint density at radius 3 is 2.56 bits per heavy atom. The molecule has 0 aromatic heterocycles. The van der Waals surface area contributed by atoms with Crippen molar-refractivity contribution in [2.75, 3.05) is 12.4 Å². The van der Waals surface area contributed by atoms with E-state index in [9.17, 15) is 10.1 Å². The first kappa shape index (κ1) is 22.9. The van der Waals surface area contributed by atoms with Crippen LogP contribution in [0, 0.1) is 25.2 Å². The van der Waals surface area contributed by atoms with Gasteiger partial charge >= 0.3 is 0 Å². The molecule has 0 fully saturated rings. The van der Waals surface area contributed by atoms with E-state index in [0.717, 1.165) is 5.56 Å². The minimum absolute atomic E-state index is 0.0777. The van der Waals surface area contributed by atoms with Crippen LogP contribution in [0.15, 0.2) is 66.2 Å². The molecule has 6 heteroatoms. The molecular weight excluding hydrogens is 424 g/mol. The van der Waals surface area contributed by atoms with Gasteiger partial charge in [-0.3, -0.25) is 4.79 Å². The maximum absolute atomic E-state index is 12.7. The Bertz CT molecular complexity index is 1210. The lowest BCUT2D eigenvalue weighted by Crippen LogP contribution is -2.13. The normalized spacial score (nSPS) is 10.9. The summed E-state index contributed by atoms with van der Waals surface area (Å²) in [5.74, 6) is 0.550. The number of nitrogens with one attached hydrogen (secondary N) is 1. The molecule has 0 unspecified atom stereocenters. The van der Waals surface area contributed by atoms with E-state index in [1.807, 2.05) is 18.2 Å². The van der Waals surface area contributed by atoms with E-state index >= 15 is 0 Å². The molecule has 0 heterocycles. The number of nitrogens with zero attached hydrogens (tertiary/aromatic N) is 1. The van der Waals surface area contributed by atoms with Gasteiger partial charge in [0, 0.05) is 11.6 Å². The Labute approximate surface area is 192 Å². The average Bonchev–Trinajstić information content (AvgIpc) is 2.80. The van der Waals surface area contributed by atoms with Crippen LogP contribution in [0.5, 0.6) is 11.5 Å². The number of amides is 1. The van der Waals surface area contributed by atoms with Crippen molar-refractivity contribution in [3.05, 3.63) is 93.5 Å². The lowest BCUT2D eigenvalue weighted by Gasteiger charge is -2.13. The van der Waals surface area contributed by atoms with Gasteiger partial charge in [-0.1, -0.05) is 41.9 Å². The molecule has 162 valence electrons. The topological polar surface area (TPSA) is 71.3 Å². The van der Waals surface area contributed by atoms with Gasteiger partial charge in [-0.25, -0.2) is 0 Å². The molecule has 5 nitrogen and oxygen atoms in total. The monoisotopic (exact) mass is 446 g/mol. The summed E-state index contributed by atoms with van der Waals surface area (Å²) in [7, 11) is 1.57. The van der Waals surface area contributed by atoms with Crippen molar-refractivity contribution in [2.24, 2.45) is 0 Å². The zero-order valence-corrected chi connectivity index (χ0v) is 18.9. The fraction of sp³-hybridized carbons (Fsp3) is 0.154. The second-order valence-corrected chi connectivity index (χ2v) is 7.62. The van der Waals surface area contributed by atoms with Gasteiger partial charge in [0.05, 0.1) is 17.8 Å². The molecule has 3 aromatic carbocycles. The second-order valence-electron chi connectivity index (χ2n) is 7.21. The van der Waals surface area contributed by atoms with Crippen molar-refractivity contribution in [2.45, 2.75) is 20.5 Å². The van der Waals surface area contributed by atoms with Crippen LogP contribution in [-0.4, -0.2) is 13.0 Å². The molecular formula is C26H23ClN2O3. The first-order valence-corrected chi connectivity index (χ1v) is 10.3. The first-order valence-electron chi connectivity index (χ1n) is 9.96. The van der Waals surface area contributed by atoms with Gasteiger partial charge in [-0.05, 0) is 60.9 Å². The largest absolute Gasteiger partial charge is 0.497 e. The number of carbonyl (C=O) groups is 1.